The number of benzene rings is 2. The molecule has 0 spiro atoms. The van der Waals surface area contributed by atoms with Crippen molar-refractivity contribution in [3.8, 4) is 11.4 Å². The van der Waals surface area contributed by atoms with E-state index in [2.05, 4.69) is 14.9 Å². The molecule has 0 fully saturated rings. The number of hydrogen-bond acceptors (Lipinski definition) is 5. The molecule has 3 rings (SSSR count). The zero-order valence-corrected chi connectivity index (χ0v) is 16.3. The van der Waals surface area contributed by atoms with Gasteiger partial charge < -0.3 is 9.88 Å². The molecule has 2 aromatic carbocycles. The molecule has 12 heteroatoms. The molecule has 0 atom stereocenters. The molecule has 2 N–H and O–H groups in total. The van der Waals surface area contributed by atoms with Crippen molar-refractivity contribution in [3.63, 3.8) is 0 Å². The highest BCUT2D eigenvalue weighted by atomic mass is 32.2. The summed E-state index contributed by atoms with van der Waals surface area (Å²) >= 11 is 0. The van der Waals surface area contributed by atoms with Gasteiger partial charge in [0.25, 0.3) is 15.9 Å². The largest absolute Gasteiger partial charge is 0.405 e. The van der Waals surface area contributed by atoms with Crippen LogP contribution in [0.3, 0.4) is 0 Å². The van der Waals surface area contributed by atoms with Crippen molar-refractivity contribution in [3.05, 3.63) is 60.4 Å². The van der Waals surface area contributed by atoms with Gasteiger partial charge in [0, 0.05) is 18.2 Å². The van der Waals surface area contributed by atoms with Crippen LogP contribution in [0.25, 0.3) is 11.4 Å². The van der Waals surface area contributed by atoms with Crippen LogP contribution in [0, 0.1) is 0 Å². The van der Waals surface area contributed by atoms with E-state index in [-0.39, 0.29) is 16.1 Å². The first-order chi connectivity index (χ1) is 14.1. The van der Waals surface area contributed by atoms with E-state index in [0.29, 0.717) is 11.4 Å². The number of hydrogen-bond donors (Lipinski definition) is 2. The third-order valence-electron chi connectivity index (χ3n) is 4.00. The van der Waals surface area contributed by atoms with Crippen LogP contribution in [0.4, 0.5) is 18.9 Å². The highest BCUT2D eigenvalue weighted by Crippen LogP contribution is 2.28. The molecular weight excluding hydrogens is 423 g/mol. The zero-order valence-electron chi connectivity index (χ0n) is 15.5. The van der Waals surface area contributed by atoms with Crippen LogP contribution in [0.2, 0.25) is 0 Å². The van der Waals surface area contributed by atoms with Gasteiger partial charge in [-0.25, -0.2) is 8.42 Å². The topological polar surface area (TPSA) is 106 Å². The van der Waals surface area contributed by atoms with Crippen LogP contribution >= 0.6 is 0 Å². The minimum absolute atomic E-state index is 0.0994. The van der Waals surface area contributed by atoms with Crippen molar-refractivity contribution >= 4 is 21.6 Å². The van der Waals surface area contributed by atoms with Crippen LogP contribution < -0.4 is 10.0 Å². The summed E-state index contributed by atoms with van der Waals surface area (Å²) in [5, 5.41) is 9.47. The molecule has 0 saturated heterocycles. The summed E-state index contributed by atoms with van der Waals surface area (Å²) in [6.45, 7) is -1.48. The number of halogens is 3. The minimum atomic E-state index is -4.54. The fraction of sp³-hybridized carbons (Fsp3) is 0.167. The fourth-order valence-corrected chi connectivity index (χ4v) is 3.65. The molecule has 158 valence electrons. The maximum absolute atomic E-state index is 12.7. The standard InChI is InChI=1S/C18H16F3N5O3S/c1-26-11-23-24-16(26)14-4-2-3-5-15(14)25-30(28,29)13-8-6-12(7-9-13)17(27)22-10-18(19,20)21/h2-9,11,25H,10H2,1H3,(H,22,27). The SMILES string of the molecule is Cn1cnnc1-c1ccccc1NS(=O)(=O)c1ccc(C(=O)NCC(F)(F)F)cc1. The molecule has 3 aromatic rings. The molecule has 1 aromatic heterocycles. The molecular formula is C18H16F3N5O3S. The van der Waals surface area contributed by atoms with Gasteiger partial charge in [-0.1, -0.05) is 12.1 Å². The van der Waals surface area contributed by atoms with Gasteiger partial charge in [0.1, 0.15) is 12.9 Å². The number of aryl methyl sites for hydroxylation is 1. The Labute approximate surface area is 169 Å². The van der Waals surface area contributed by atoms with E-state index in [1.54, 1.807) is 41.2 Å². The minimum Gasteiger partial charge on any atom is -0.343 e. The Morgan fingerprint density at radius 2 is 1.77 bits per heavy atom. The summed E-state index contributed by atoms with van der Waals surface area (Å²) in [5.41, 5.74) is 0.669. The molecule has 1 heterocycles. The van der Waals surface area contributed by atoms with Gasteiger partial charge in [0.15, 0.2) is 5.82 Å². The van der Waals surface area contributed by atoms with Crippen molar-refractivity contribution in [2.75, 3.05) is 11.3 Å². The first kappa shape index (κ1) is 21.3. The molecule has 0 aliphatic heterocycles. The lowest BCUT2D eigenvalue weighted by atomic mass is 10.2. The number of para-hydroxylation sites is 1. The average molecular weight is 439 g/mol. The number of aromatic nitrogens is 3. The second-order valence-electron chi connectivity index (χ2n) is 6.24. The van der Waals surface area contributed by atoms with Crippen molar-refractivity contribution in [2.24, 2.45) is 7.05 Å². The number of carbonyl (C=O) groups excluding carboxylic acids is 1. The molecule has 30 heavy (non-hydrogen) atoms. The summed E-state index contributed by atoms with van der Waals surface area (Å²) in [7, 11) is -2.33. The van der Waals surface area contributed by atoms with Crippen LogP contribution in [-0.4, -0.2) is 41.8 Å². The van der Waals surface area contributed by atoms with E-state index < -0.39 is 28.7 Å². The molecule has 0 unspecified atom stereocenters. The number of nitrogens with zero attached hydrogens (tertiary/aromatic N) is 3. The Bertz CT molecular complexity index is 1160. The summed E-state index contributed by atoms with van der Waals surface area (Å²) in [4.78, 5) is 11.6. The maximum Gasteiger partial charge on any atom is 0.405 e. The zero-order chi connectivity index (χ0) is 21.9. The van der Waals surface area contributed by atoms with Gasteiger partial charge in [-0.15, -0.1) is 10.2 Å². The number of sulfonamides is 1. The van der Waals surface area contributed by atoms with Gasteiger partial charge in [0.05, 0.1) is 10.6 Å². The Morgan fingerprint density at radius 3 is 2.37 bits per heavy atom. The number of rotatable bonds is 6. The average Bonchev–Trinajstić information content (AvgIpc) is 3.11. The predicted octanol–water partition coefficient (Wildman–Crippen LogP) is 2.58. The van der Waals surface area contributed by atoms with Gasteiger partial charge in [-0.05, 0) is 36.4 Å². The number of anilines is 1. The van der Waals surface area contributed by atoms with E-state index in [4.69, 9.17) is 0 Å². The molecule has 0 bridgehead atoms. The highest BCUT2D eigenvalue weighted by molar-refractivity contribution is 7.92. The summed E-state index contributed by atoms with van der Waals surface area (Å²) in [5.74, 6) is -0.512. The number of carbonyl (C=O) groups is 1. The van der Waals surface area contributed by atoms with E-state index in [9.17, 15) is 26.4 Å². The van der Waals surface area contributed by atoms with E-state index >= 15 is 0 Å². The van der Waals surface area contributed by atoms with Gasteiger partial charge >= 0.3 is 6.18 Å². The van der Waals surface area contributed by atoms with Crippen LogP contribution in [-0.2, 0) is 17.1 Å². The molecule has 8 nitrogen and oxygen atoms in total. The van der Waals surface area contributed by atoms with Gasteiger partial charge in [0.2, 0.25) is 0 Å². The van der Waals surface area contributed by atoms with E-state index in [1.165, 1.54) is 6.33 Å². The van der Waals surface area contributed by atoms with Gasteiger partial charge in [-0.3, -0.25) is 9.52 Å². The Kier molecular flexibility index (Phi) is 5.78. The highest BCUT2D eigenvalue weighted by Gasteiger charge is 2.28. The number of alkyl halides is 3. The molecule has 0 aliphatic rings. The lowest BCUT2D eigenvalue weighted by Crippen LogP contribution is -2.33. The number of amides is 1. The lowest BCUT2D eigenvalue weighted by molar-refractivity contribution is -0.123. The Balaban J connectivity index is 1.81. The number of nitrogens with one attached hydrogen (secondary N) is 2. The van der Waals surface area contributed by atoms with Crippen molar-refractivity contribution in [2.45, 2.75) is 11.1 Å². The first-order valence-corrected chi connectivity index (χ1v) is 9.96. The molecule has 0 radical (unpaired) electrons. The summed E-state index contributed by atoms with van der Waals surface area (Å²) < 4.78 is 66.2. The summed E-state index contributed by atoms with van der Waals surface area (Å²) in [6.07, 6.45) is -3.07. The van der Waals surface area contributed by atoms with Crippen LogP contribution in [0.15, 0.2) is 59.8 Å². The van der Waals surface area contributed by atoms with Crippen molar-refractivity contribution < 1.29 is 26.4 Å². The van der Waals surface area contributed by atoms with E-state index in [1.807, 2.05) is 0 Å². The van der Waals surface area contributed by atoms with Crippen LogP contribution in [0.5, 0.6) is 0 Å². The van der Waals surface area contributed by atoms with Crippen LogP contribution in [0.1, 0.15) is 10.4 Å². The maximum atomic E-state index is 12.7. The first-order valence-electron chi connectivity index (χ1n) is 8.48. The monoisotopic (exact) mass is 439 g/mol. The Morgan fingerprint density at radius 1 is 1.10 bits per heavy atom. The van der Waals surface area contributed by atoms with Crippen molar-refractivity contribution in [1.29, 1.82) is 0 Å². The van der Waals surface area contributed by atoms with Crippen molar-refractivity contribution in [1.82, 2.24) is 20.1 Å². The second-order valence-corrected chi connectivity index (χ2v) is 7.92. The summed E-state index contributed by atoms with van der Waals surface area (Å²) in [6, 6.07) is 11.1. The lowest BCUT2D eigenvalue weighted by Gasteiger charge is -2.13. The predicted molar refractivity (Wildman–Crippen MR) is 102 cm³/mol. The quantitative estimate of drug-likeness (QED) is 0.614. The molecule has 0 aliphatic carbocycles. The molecule has 1 amide bonds. The van der Waals surface area contributed by atoms with Gasteiger partial charge in [-0.2, -0.15) is 13.2 Å². The fourth-order valence-electron chi connectivity index (χ4n) is 2.57. The second kappa shape index (κ2) is 8.14. The Hall–Kier alpha value is -3.41. The molecule has 0 saturated carbocycles. The third kappa shape index (κ3) is 4.95. The smallest absolute Gasteiger partial charge is 0.343 e. The van der Waals surface area contributed by atoms with E-state index in [0.717, 1.165) is 24.3 Å². The third-order valence-corrected chi connectivity index (χ3v) is 5.38. The normalized spacial score (nSPS) is 11.9.